The lowest BCUT2D eigenvalue weighted by molar-refractivity contribution is 0.0533. The molecular formula is C17H34N2O. The Morgan fingerprint density at radius 3 is 2.55 bits per heavy atom. The summed E-state index contributed by atoms with van der Waals surface area (Å²) >= 11 is 0. The molecule has 20 heavy (non-hydrogen) atoms. The van der Waals surface area contributed by atoms with Crippen LogP contribution in [0.25, 0.3) is 0 Å². The van der Waals surface area contributed by atoms with Crippen molar-refractivity contribution in [3.63, 3.8) is 0 Å². The van der Waals surface area contributed by atoms with Crippen LogP contribution in [0.15, 0.2) is 0 Å². The van der Waals surface area contributed by atoms with Crippen LogP contribution in [0.3, 0.4) is 0 Å². The largest absolute Gasteiger partial charge is 0.377 e. The molecule has 1 N–H and O–H groups in total. The second-order valence-electron chi connectivity index (χ2n) is 7.43. The van der Waals surface area contributed by atoms with E-state index in [1.54, 1.807) is 0 Å². The monoisotopic (exact) mass is 282 g/mol. The number of likely N-dealkylation sites (N-methyl/N-ethyl adjacent to an activating group) is 1. The molecule has 1 heterocycles. The zero-order valence-corrected chi connectivity index (χ0v) is 13.8. The minimum Gasteiger partial charge on any atom is -0.377 e. The van der Waals surface area contributed by atoms with Crippen LogP contribution >= 0.6 is 0 Å². The highest BCUT2D eigenvalue weighted by molar-refractivity contribution is 4.88. The smallest absolute Gasteiger partial charge is 0.0702 e. The standard InChI is InChI=1S/C17H34N2O/c1-15(2)18-13-17(9-5-4-6-10-17)14-19(3)12-16-8-7-11-20-16/h15-16,18H,4-14H2,1-3H3. The van der Waals surface area contributed by atoms with Crippen molar-refractivity contribution in [1.82, 2.24) is 10.2 Å². The first-order chi connectivity index (χ1) is 9.60. The van der Waals surface area contributed by atoms with Gasteiger partial charge in [-0.1, -0.05) is 33.1 Å². The predicted octanol–water partition coefficient (Wildman–Crippen LogP) is 3.05. The number of nitrogens with one attached hydrogen (secondary N) is 1. The maximum Gasteiger partial charge on any atom is 0.0702 e. The van der Waals surface area contributed by atoms with E-state index in [9.17, 15) is 0 Å². The second kappa shape index (κ2) is 7.77. The van der Waals surface area contributed by atoms with Crippen LogP contribution in [-0.4, -0.2) is 50.3 Å². The number of hydrogen-bond donors (Lipinski definition) is 1. The molecule has 0 aromatic rings. The van der Waals surface area contributed by atoms with Crippen molar-refractivity contribution in [2.75, 3.05) is 33.3 Å². The molecular weight excluding hydrogens is 248 g/mol. The summed E-state index contributed by atoms with van der Waals surface area (Å²) in [5.74, 6) is 0. The Labute approximate surface area is 125 Å². The molecule has 2 rings (SSSR count). The Morgan fingerprint density at radius 1 is 1.20 bits per heavy atom. The molecule has 1 saturated heterocycles. The quantitative estimate of drug-likeness (QED) is 0.777. The molecule has 0 bridgehead atoms. The lowest BCUT2D eigenvalue weighted by Gasteiger charge is -2.41. The van der Waals surface area contributed by atoms with Crippen molar-refractivity contribution in [1.29, 1.82) is 0 Å². The van der Waals surface area contributed by atoms with Crippen molar-refractivity contribution in [2.24, 2.45) is 5.41 Å². The van der Waals surface area contributed by atoms with Crippen LogP contribution in [0, 0.1) is 5.41 Å². The summed E-state index contributed by atoms with van der Waals surface area (Å²) in [4.78, 5) is 2.53. The summed E-state index contributed by atoms with van der Waals surface area (Å²) in [5.41, 5.74) is 0.496. The van der Waals surface area contributed by atoms with Gasteiger partial charge >= 0.3 is 0 Å². The number of rotatable bonds is 7. The fraction of sp³-hybridized carbons (Fsp3) is 1.00. The average Bonchev–Trinajstić information content (AvgIpc) is 2.90. The maximum atomic E-state index is 5.79. The SMILES string of the molecule is CC(C)NCC1(CN(C)CC2CCCO2)CCCCC1. The van der Waals surface area contributed by atoms with E-state index in [4.69, 9.17) is 4.74 Å². The van der Waals surface area contributed by atoms with Gasteiger partial charge in [0.15, 0.2) is 0 Å². The molecule has 1 atom stereocenters. The van der Waals surface area contributed by atoms with Crippen molar-refractivity contribution in [3.8, 4) is 0 Å². The highest BCUT2D eigenvalue weighted by Gasteiger charge is 2.33. The normalized spacial score (nSPS) is 26.6. The van der Waals surface area contributed by atoms with Gasteiger partial charge in [-0.25, -0.2) is 0 Å². The third-order valence-electron chi connectivity index (χ3n) is 4.94. The summed E-state index contributed by atoms with van der Waals surface area (Å²) in [6.45, 7) is 9.01. The summed E-state index contributed by atoms with van der Waals surface area (Å²) in [6.07, 6.45) is 10.0. The van der Waals surface area contributed by atoms with Crippen LogP contribution in [0.4, 0.5) is 0 Å². The van der Waals surface area contributed by atoms with Crippen molar-refractivity contribution >= 4 is 0 Å². The molecule has 3 nitrogen and oxygen atoms in total. The molecule has 0 spiro atoms. The van der Waals surface area contributed by atoms with E-state index in [0.29, 0.717) is 17.6 Å². The van der Waals surface area contributed by atoms with Crippen LogP contribution in [0.2, 0.25) is 0 Å². The van der Waals surface area contributed by atoms with E-state index in [-0.39, 0.29) is 0 Å². The van der Waals surface area contributed by atoms with Crippen LogP contribution in [-0.2, 0) is 4.74 Å². The van der Waals surface area contributed by atoms with Gasteiger partial charge in [0.2, 0.25) is 0 Å². The zero-order valence-electron chi connectivity index (χ0n) is 13.8. The summed E-state index contributed by atoms with van der Waals surface area (Å²) in [6, 6.07) is 0.595. The van der Waals surface area contributed by atoms with Crippen molar-refractivity contribution in [3.05, 3.63) is 0 Å². The van der Waals surface area contributed by atoms with Gasteiger partial charge in [-0.05, 0) is 38.1 Å². The predicted molar refractivity (Wildman–Crippen MR) is 85.1 cm³/mol. The van der Waals surface area contributed by atoms with Crippen molar-refractivity contribution in [2.45, 2.75) is 70.9 Å². The van der Waals surface area contributed by atoms with Gasteiger partial charge in [-0.15, -0.1) is 0 Å². The molecule has 0 aromatic carbocycles. The third kappa shape index (κ3) is 5.01. The molecule has 1 aliphatic heterocycles. The van der Waals surface area contributed by atoms with Crippen LogP contribution < -0.4 is 5.32 Å². The van der Waals surface area contributed by atoms with Crippen LogP contribution in [0.1, 0.15) is 58.8 Å². The minimum absolute atomic E-state index is 0.485. The number of ether oxygens (including phenoxy) is 1. The highest BCUT2D eigenvalue weighted by Crippen LogP contribution is 2.36. The van der Waals surface area contributed by atoms with Crippen LogP contribution in [0.5, 0.6) is 0 Å². The Morgan fingerprint density at radius 2 is 1.95 bits per heavy atom. The fourth-order valence-electron chi connectivity index (χ4n) is 3.89. The van der Waals surface area contributed by atoms with E-state index in [1.807, 2.05) is 0 Å². The molecule has 3 heteroatoms. The van der Waals surface area contributed by atoms with E-state index in [1.165, 1.54) is 58.0 Å². The topological polar surface area (TPSA) is 24.5 Å². The Bertz CT molecular complexity index is 268. The van der Waals surface area contributed by atoms with Gasteiger partial charge in [0.25, 0.3) is 0 Å². The molecule has 0 radical (unpaired) electrons. The highest BCUT2D eigenvalue weighted by atomic mass is 16.5. The molecule has 1 unspecified atom stereocenters. The van der Waals surface area contributed by atoms with Gasteiger partial charge in [0.05, 0.1) is 6.10 Å². The first-order valence-corrected chi connectivity index (χ1v) is 8.63. The van der Waals surface area contributed by atoms with Gasteiger partial charge in [0, 0.05) is 32.3 Å². The molecule has 2 aliphatic rings. The second-order valence-corrected chi connectivity index (χ2v) is 7.43. The Balaban J connectivity index is 1.85. The van der Waals surface area contributed by atoms with Gasteiger partial charge in [0.1, 0.15) is 0 Å². The lowest BCUT2D eigenvalue weighted by atomic mass is 9.73. The lowest BCUT2D eigenvalue weighted by Crippen LogP contribution is -2.47. The first kappa shape index (κ1) is 16.3. The maximum absolute atomic E-state index is 5.79. The molecule has 1 saturated carbocycles. The van der Waals surface area contributed by atoms with E-state index >= 15 is 0 Å². The summed E-state index contributed by atoms with van der Waals surface area (Å²) in [7, 11) is 2.29. The van der Waals surface area contributed by atoms with E-state index < -0.39 is 0 Å². The first-order valence-electron chi connectivity index (χ1n) is 8.63. The van der Waals surface area contributed by atoms with Crippen molar-refractivity contribution < 1.29 is 4.74 Å². The van der Waals surface area contributed by atoms with E-state index in [0.717, 1.165) is 13.2 Å². The summed E-state index contributed by atoms with van der Waals surface area (Å²) in [5, 5.41) is 3.70. The Kier molecular flexibility index (Phi) is 6.31. The van der Waals surface area contributed by atoms with E-state index in [2.05, 4.69) is 31.1 Å². The number of hydrogen-bond acceptors (Lipinski definition) is 3. The minimum atomic E-state index is 0.485. The average molecular weight is 282 g/mol. The van der Waals surface area contributed by atoms with Gasteiger partial charge in [-0.3, -0.25) is 0 Å². The molecule has 118 valence electrons. The zero-order chi connectivity index (χ0) is 14.4. The molecule has 0 amide bonds. The molecule has 0 aromatic heterocycles. The fourth-order valence-corrected chi connectivity index (χ4v) is 3.89. The molecule has 1 aliphatic carbocycles. The van der Waals surface area contributed by atoms with Gasteiger partial charge < -0.3 is 15.0 Å². The molecule has 2 fully saturated rings. The Hall–Kier alpha value is -0.120. The number of nitrogens with zero attached hydrogens (tertiary/aromatic N) is 1. The van der Waals surface area contributed by atoms with Gasteiger partial charge in [-0.2, -0.15) is 0 Å². The third-order valence-corrected chi connectivity index (χ3v) is 4.94. The summed E-state index contributed by atoms with van der Waals surface area (Å²) < 4.78 is 5.79.